The first-order chi connectivity index (χ1) is 13.6. The van der Waals surface area contributed by atoms with Gasteiger partial charge in [0.1, 0.15) is 16.4 Å². The molecule has 1 saturated heterocycles. The quantitative estimate of drug-likeness (QED) is 0.488. The minimum absolute atomic E-state index is 0.0501. The van der Waals surface area contributed by atoms with Gasteiger partial charge in [0, 0.05) is 24.3 Å². The van der Waals surface area contributed by atoms with Crippen LogP contribution in [0.2, 0.25) is 0 Å². The second-order valence-electron chi connectivity index (χ2n) is 7.72. The molecule has 3 aromatic rings. The van der Waals surface area contributed by atoms with Crippen LogP contribution < -0.4 is 0 Å². The molecule has 0 N–H and O–H groups in total. The molecule has 28 heavy (non-hydrogen) atoms. The van der Waals surface area contributed by atoms with Crippen LogP contribution in [0.3, 0.4) is 0 Å². The van der Waals surface area contributed by atoms with Crippen LogP contribution in [0.25, 0.3) is 11.2 Å². The monoisotopic (exact) mass is 396 g/mol. The minimum atomic E-state index is 0.0501. The Morgan fingerprint density at radius 1 is 1.07 bits per heavy atom. The summed E-state index contributed by atoms with van der Waals surface area (Å²) in [7, 11) is 0. The predicted molar refractivity (Wildman–Crippen MR) is 108 cm³/mol. The van der Waals surface area contributed by atoms with Gasteiger partial charge in [-0.2, -0.15) is 5.10 Å². The zero-order chi connectivity index (χ0) is 19.3. The minimum Gasteiger partial charge on any atom is -0.373 e. The van der Waals surface area contributed by atoms with E-state index in [0.29, 0.717) is 18.3 Å². The summed E-state index contributed by atoms with van der Waals surface area (Å²) in [5, 5.41) is 5.42. The molecule has 2 aliphatic rings. The maximum atomic E-state index is 6.07. The van der Waals surface area contributed by atoms with Gasteiger partial charge in [-0.05, 0) is 45.8 Å². The van der Waals surface area contributed by atoms with E-state index in [9.17, 15) is 0 Å². The van der Waals surface area contributed by atoms with Crippen LogP contribution in [0, 0.1) is 13.8 Å². The molecule has 4 heterocycles. The number of aromatic nitrogens is 6. The normalized spacial score (nSPS) is 22.7. The summed E-state index contributed by atoms with van der Waals surface area (Å²) >= 11 is 1.60. The van der Waals surface area contributed by atoms with Gasteiger partial charge in [-0.1, -0.05) is 0 Å². The molecule has 2 atom stereocenters. The van der Waals surface area contributed by atoms with Crippen molar-refractivity contribution in [1.82, 2.24) is 29.7 Å². The first-order valence-corrected chi connectivity index (χ1v) is 11.1. The van der Waals surface area contributed by atoms with Crippen molar-refractivity contribution in [3.8, 4) is 0 Å². The zero-order valence-corrected chi connectivity index (χ0v) is 17.2. The molecule has 0 spiro atoms. The summed E-state index contributed by atoms with van der Waals surface area (Å²) in [4.78, 5) is 19.0. The second-order valence-corrected chi connectivity index (χ2v) is 8.52. The number of hydrogen-bond acceptors (Lipinski definition) is 7. The van der Waals surface area contributed by atoms with Gasteiger partial charge in [0.15, 0.2) is 5.65 Å². The third kappa shape index (κ3) is 3.28. The average molecular weight is 397 g/mol. The Balaban J connectivity index is 1.45. The third-order valence-electron chi connectivity index (χ3n) is 5.68. The number of rotatable bonds is 4. The summed E-state index contributed by atoms with van der Waals surface area (Å²) in [6.07, 6.45) is 10.4. The fraction of sp³-hybridized carbons (Fsp3) is 0.550. The van der Waals surface area contributed by atoms with Crippen LogP contribution in [-0.4, -0.2) is 42.6 Å². The molecule has 1 aliphatic heterocycles. The fourth-order valence-electron chi connectivity index (χ4n) is 3.75. The number of fused-ring (bicyclic) bond motifs is 1. The zero-order valence-electron chi connectivity index (χ0n) is 16.4. The largest absolute Gasteiger partial charge is 0.373 e. The SMILES string of the molecule is CSc1nc([C@H]2CCO[C@@H](c3cnn(C4CC4)c3)C2)nc2nc(C)c(C)nc12. The lowest BCUT2D eigenvalue weighted by molar-refractivity contribution is 0.00387. The van der Waals surface area contributed by atoms with E-state index in [2.05, 4.69) is 25.9 Å². The molecule has 1 saturated carbocycles. The molecular formula is C20H24N6OS. The van der Waals surface area contributed by atoms with Gasteiger partial charge >= 0.3 is 0 Å². The van der Waals surface area contributed by atoms with Crippen molar-refractivity contribution in [3.63, 3.8) is 0 Å². The first kappa shape index (κ1) is 18.0. The van der Waals surface area contributed by atoms with Gasteiger partial charge in [-0.25, -0.2) is 19.9 Å². The Bertz CT molecular complexity index is 1030. The molecule has 7 nitrogen and oxygen atoms in total. The van der Waals surface area contributed by atoms with Crippen LogP contribution in [-0.2, 0) is 4.74 Å². The highest BCUT2D eigenvalue weighted by atomic mass is 32.2. The van der Waals surface area contributed by atoms with Crippen molar-refractivity contribution in [2.24, 2.45) is 0 Å². The van der Waals surface area contributed by atoms with Gasteiger partial charge in [0.25, 0.3) is 0 Å². The molecule has 2 fully saturated rings. The highest BCUT2D eigenvalue weighted by Gasteiger charge is 2.30. The smallest absolute Gasteiger partial charge is 0.183 e. The van der Waals surface area contributed by atoms with Crippen molar-refractivity contribution in [2.45, 2.75) is 62.6 Å². The highest BCUT2D eigenvalue weighted by molar-refractivity contribution is 7.98. The lowest BCUT2D eigenvalue weighted by Crippen LogP contribution is -2.20. The summed E-state index contributed by atoms with van der Waals surface area (Å²) in [5.74, 6) is 1.11. The van der Waals surface area contributed by atoms with Crippen LogP contribution in [0.4, 0.5) is 0 Å². The Morgan fingerprint density at radius 3 is 2.68 bits per heavy atom. The molecule has 0 bridgehead atoms. The van der Waals surface area contributed by atoms with Crippen LogP contribution in [0.1, 0.15) is 66.5 Å². The lowest BCUT2D eigenvalue weighted by Gasteiger charge is -2.28. The van der Waals surface area contributed by atoms with Crippen molar-refractivity contribution in [2.75, 3.05) is 12.9 Å². The first-order valence-electron chi connectivity index (χ1n) is 9.85. The number of hydrogen-bond donors (Lipinski definition) is 0. The summed E-state index contributed by atoms with van der Waals surface area (Å²) < 4.78 is 8.15. The van der Waals surface area contributed by atoms with Crippen LogP contribution in [0.15, 0.2) is 17.4 Å². The molecule has 0 aromatic carbocycles. The van der Waals surface area contributed by atoms with E-state index in [4.69, 9.17) is 14.7 Å². The van der Waals surface area contributed by atoms with E-state index in [1.807, 2.05) is 26.3 Å². The number of nitrogens with zero attached hydrogens (tertiary/aromatic N) is 6. The molecule has 146 valence electrons. The molecule has 8 heteroatoms. The lowest BCUT2D eigenvalue weighted by atomic mass is 9.92. The summed E-state index contributed by atoms with van der Waals surface area (Å²) in [6.45, 7) is 4.66. The molecule has 0 radical (unpaired) electrons. The number of ether oxygens (including phenoxy) is 1. The highest BCUT2D eigenvalue weighted by Crippen LogP contribution is 2.39. The van der Waals surface area contributed by atoms with E-state index < -0.39 is 0 Å². The van der Waals surface area contributed by atoms with E-state index in [1.165, 1.54) is 12.8 Å². The average Bonchev–Trinajstić information content (AvgIpc) is 3.45. The van der Waals surface area contributed by atoms with E-state index in [0.717, 1.165) is 46.2 Å². The topological polar surface area (TPSA) is 78.6 Å². The van der Waals surface area contributed by atoms with Crippen LogP contribution >= 0.6 is 11.8 Å². The molecular weight excluding hydrogens is 372 g/mol. The van der Waals surface area contributed by atoms with E-state index >= 15 is 0 Å². The molecule has 0 unspecified atom stereocenters. The van der Waals surface area contributed by atoms with E-state index in [-0.39, 0.29) is 12.0 Å². The fourth-order valence-corrected chi connectivity index (χ4v) is 4.26. The van der Waals surface area contributed by atoms with Gasteiger partial charge in [-0.15, -0.1) is 11.8 Å². The Morgan fingerprint density at radius 2 is 1.89 bits per heavy atom. The van der Waals surface area contributed by atoms with Gasteiger partial charge < -0.3 is 4.74 Å². The van der Waals surface area contributed by atoms with Crippen LogP contribution in [0.5, 0.6) is 0 Å². The second kappa shape index (κ2) is 7.08. The van der Waals surface area contributed by atoms with Gasteiger partial charge in [0.2, 0.25) is 0 Å². The molecule has 0 amide bonds. The van der Waals surface area contributed by atoms with Crippen molar-refractivity contribution >= 4 is 22.9 Å². The maximum Gasteiger partial charge on any atom is 0.183 e. The van der Waals surface area contributed by atoms with Crippen molar-refractivity contribution < 1.29 is 4.74 Å². The maximum absolute atomic E-state index is 6.07. The van der Waals surface area contributed by atoms with Crippen molar-refractivity contribution in [3.05, 3.63) is 35.2 Å². The Hall–Kier alpha value is -2.06. The van der Waals surface area contributed by atoms with Gasteiger partial charge in [0.05, 0.1) is 29.7 Å². The summed E-state index contributed by atoms with van der Waals surface area (Å²) in [5.41, 5.74) is 4.50. The molecule has 5 rings (SSSR count). The predicted octanol–water partition coefficient (Wildman–Crippen LogP) is 3.93. The number of thioether (sulfide) groups is 1. The Labute approximate surface area is 168 Å². The number of aryl methyl sites for hydroxylation is 2. The third-order valence-corrected chi connectivity index (χ3v) is 6.36. The molecule has 3 aromatic heterocycles. The van der Waals surface area contributed by atoms with Gasteiger partial charge in [-0.3, -0.25) is 4.68 Å². The summed E-state index contributed by atoms with van der Waals surface area (Å²) in [6, 6.07) is 0.589. The van der Waals surface area contributed by atoms with Crippen molar-refractivity contribution in [1.29, 1.82) is 0 Å². The standard InChI is InChI=1S/C20H24N6OS/c1-11-12(2)23-19-17(22-11)20(28-3)25-18(24-19)13-6-7-27-16(8-13)14-9-21-26(10-14)15-4-5-15/h9-10,13,15-16H,4-8H2,1-3H3/t13-,16+/m0/s1. The Kier molecular flexibility index (Phi) is 4.55. The van der Waals surface area contributed by atoms with E-state index in [1.54, 1.807) is 11.8 Å². The molecule has 1 aliphatic carbocycles.